The van der Waals surface area contributed by atoms with Crippen LogP contribution in [0.5, 0.6) is 5.75 Å². The number of aryl methyl sites for hydroxylation is 2. The van der Waals surface area contributed by atoms with Crippen LogP contribution >= 0.6 is 27.7 Å². The molecule has 0 aliphatic heterocycles. The number of carbonyl (C=O) groups is 1. The first kappa shape index (κ1) is 21.4. The molecule has 0 aliphatic rings. The Morgan fingerprint density at radius 3 is 2.52 bits per heavy atom. The summed E-state index contributed by atoms with van der Waals surface area (Å²) in [7, 11) is 1.75. The Labute approximate surface area is 182 Å². The van der Waals surface area contributed by atoms with Gasteiger partial charge in [-0.05, 0) is 50.2 Å². The Hall–Kier alpha value is -2.32. The van der Waals surface area contributed by atoms with Crippen molar-refractivity contribution in [3.05, 3.63) is 58.1 Å². The van der Waals surface area contributed by atoms with E-state index >= 15 is 0 Å². The lowest BCUT2D eigenvalue weighted by molar-refractivity contribution is -0.127. The molecule has 29 heavy (non-hydrogen) atoms. The van der Waals surface area contributed by atoms with Crippen LogP contribution in [-0.2, 0) is 4.79 Å². The molecule has 8 heteroatoms. The molecular formula is C21H22BrN3O3S. The number of ether oxygens (including phenoxy) is 1. The normalized spacial score (nSPS) is 10.8. The molecule has 0 N–H and O–H groups in total. The maximum Gasteiger partial charge on any atom is 0.277 e. The van der Waals surface area contributed by atoms with Crippen LogP contribution in [0.1, 0.15) is 11.1 Å². The van der Waals surface area contributed by atoms with Crippen molar-refractivity contribution < 1.29 is 13.9 Å². The third-order valence-electron chi connectivity index (χ3n) is 4.13. The van der Waals surface area contributed by atoms with Gasteiger partial charge in [-0.2, -0.15) is 0 Å². The van der Waals surface area contributed by atoms with Gasteiger partial charge in [0.1, 0.15) is 12.4 Å². The number of rotatable bonds is 8. The van der Waals surface area contributed by atoms with Gasteiger partial charge < -0.3 is 14.1 Å². The molecule has 6 nitrogen and oxygen atoms in total. The first-order valence-corrected chi connectivity index (χ1v) is 10.9. The molecule has 1 heterocycles. The summed E-state index contributed by atoms with van der Waals surface area (Å²) in [5.41, 5.74) is 3.15. The minimum absolute atomic E-state index is 0.0273. The van der Waals surface area contributed by atoms with E-state index in [9.17, 15) is 4.79 Å². The fourth-order valence-electron chi connectivity index (χ4n) is 2.67. The number of nitrogens with zero attached hydrogens (tertiary/aromatic N) is 3. The molecule has 0 aliphatic carbocycles. The maximum absolute atomic E-state index is 12.3. The third-order valence-corrected chi connectivity index (χ3v) is 5.46. The van der Waals surface area contributed by atoms with Gasteiger partial charge in [0.25, 0.3) is 5.22 Å². The van der Waals surface area contributed by atoms with Crippen molar-refractivity contribution in [2.24, 2.45) is 0 Å². The fraction of sp³-hybridized carbons (Fsp3) is 0.286. The summed E-state index contributed by atoms with van der Waals surface area (Å²) in [4.78, 5) is 14.0. The highest BCUT2D eigenvalue weighted by atomic mass is 79.9. The van der Waals surface area contributed by atoms with Gasteiger partial charge in [0.15, 0.2) is 0 Å². The van der Waals surface area contributed by atoms with Crippen LogP contribution in [0.2, 0.25) is 0 Å². The van der Waals surface area contributed by atoms with Gasteiger partial charge in [-0.1, -0.05) is 44.9 Å². The second kappa shape index (κ2) is 9.93. The summed E-state index contributed by atoms with van der Waals surface area (Å²) in [6.45, 7) is 4.97. The lowest BCUT2D eigenvalue weighted by Gasteiger charge is -2.16. The highest BCUT2D eigenvalue weighted by Crippen LogP contribution is 2.25. The lowest BCUT2D eigenvalue weighted by Crippen LogP contribution is -2.32. The Morgan fingerprint density at radius 2 is 1.83 bits per heavy atom. The summed E-state index contributed by atoms with van der Waals surface area (Å²) in [6.07, 6.45) is 0. The zero-order valence-corrected chi connectivity index (χ0v) is 18.9. The van der Waals surface area contributed by atoms with E-state index in [1.165, 1.54) is 11.8 Å². The van der Waals surface area contributed by atoms with E-state index < -0.39 is 0 Å². The molecule has 1 aromatic heterocycles. The smallest absolute Gasteiger partial charge is 0.277 e. The second-order valence-electron chi connectivity index (χ2n) is 6.66. The van der Waals surface area contributed by atoms with E-state index in [2.05, 4.69) is 32.2 Å². The largest absolute Gasteiger partial charge is 0.492 e. The summed E-state index contributed by atoms with van der Waals surface area (Å²) < 4.78 is 12.3. The van der Waals surface area contributed by atoms with Gasteiger partial charge in [-0.25, -0.2) is 0 Å². The van der Waals surface area contributed by atoms with Crippen molar-refractivity contribution in [3.63, 3.8) is 0 Å². The van der Waals surface area contributed by atoms with E-state index in [1.807, 2.05) is 50.2 Å². The number of halogens is 1. The molecule has 0 saturated carbocycles. The molecule has 3 rings (SSSR count). The molecule has 0 spiro atoms. The Bertz CT molecular complexity index is 955. The monoisotopic (exact) mass is 475 g/mol. The van der Waals surface area contributed by atoms with Crippen molar-refractivity contribution in [2.75, 3.05) is 26.0 Å². The SMILES string of the molecule is Cc1cc(C)cc(-c2nnc(SCC(=O)N(C)CCOc3ccc(Br)cc3)o2)c1. The molecule has 0 fully saturated rings. The Morgan fingerprint density at radius 1 is 1.14 bits per heavy atom. The fourth-order valence-corrected chi connectivity index (χ4v) is 3.64. The summed E-state index contributed by atoms with van der Waals surface area (Å²) in [5.74, 6) is 1.43. The molecule has 1 amide bonds. The minimum atomic E-state index is -0.0273. The second-order valence-corrected chi connectivity index (χ2v) is 8.50. The van der Waals surface area contributed by atoms with E-state index in [1.54, 1.807) is 11.9 Å². The zero-order valence-electron chi connectivity index (χ0n) is 16.5. The van der Waals surface area contributed by atoms with Crippen LogP contribution in [0.25, 0.3) is 11.5 Å². The summed E-state index contributed by atoms with van der Waals surface area (Å²) in [6, 6.07) is 13.7. The van der Waals surface area contributed by atoms with Crippen LogP contribution in [0.4, 0.5) is 0 Å². The number of amides is 1. The van der Waals surface area contributed by atoms with Crippen molar-refractivity contribution in [2.45, 2.75) is 19.1 Å². The molecule has 3 aromatic rings. The van der Waals surface area contributed by atoms with Crippen molar-refractivity contribution >= 4 is 33.6 Å². The molecule has 0 unspecified atom stereocenters. The van der Waals surface area contributed by atoms with Crippen LogP contribution in [0, 0.1) is 13.8 Å². The quantitative estimate of drug-likeness (QED) is 0.438. The zero-order chi connectivity index (χ0) is 20.8. The van der Waals surface area contributed by atoms with Crippen LogP contribution in [-0.4, -0.2) is 47.0 Å². The highest BCUT2D eigenvalue weighted by molar-refractivity contribution is 9.10. The Balaban J connectivity index is 1.46. The number of aromatic nitrogens is 2. The van der Waals surface area contributed by atoms with Crippen LogP contribution < -0.4 is 4.74 Å². The van der Waals surface area contributed by atoms with Crippen molar-refractivity contribution in [3.8, 4) is 17.2 Å². The topological polar surface area (TPSA) is 68.5 Å². The van der Waals surface area contributed by atoms with Crippen molar-refractivity contribution in [1.29, 1.82) is 0 Å². The number of likely N-dealkylation sites (N-methyl/N-ethyl adjacent to an activating group) is 1. The number of carbonyl (C=O) groups excluding carboxylic acids is 1. The first-order chi connectivity index (χ1) is 13.9. The van der Waals surface area contributed by atoms with Crippen LogP contribution in [0.3, 0.4) is 0 Å². The number of benzene rings is 2. The first-order valence-electron chi connectivity index (χ1n) is 9.08. The summed E-state index contributed by atoms with van der Waals surface area (Å²) in [5, 5.41) is 8.52. The van der Waals surface area contributed by atoms with Crippen LogP contribution in [0.15, 0.2) is 56.6 Å². The standard InChI is InChI=1S/C21H22BrN3O3S/c1-14-10-15(2)12-16(11-14)20-23-24-21(28-20)29-13-19(26)25(3)8-9-27-18-6-4-17(22)5-7-18/h4-7,10-12H,8-9,13H2,1-3H3. The van der Waals surface area contributed by atoms with E-state index in [-0.39, 0.29) is 11.7 Å². The average Bonchev–Trinajstić information content (AvgIpc) is 3.16. The average molecular weight is 476 g/mol. The molecule has 152 valence electrons. The van der Waals surface area contributed by atoms with E-state index in [0.717, 1.165) is 26.9 Å². The molecular weight excluding hydrogens is 454 g/mol. The van der Waals surface area contributed by atoms with Gasteiger partial charge in [0, 0.05) is 17.1 Å². The molecule has 2 aromatic carbocycles. The minimum Gasteiger partial charge on any atom is -0.492 e. The number of hydrogen-bond donors (Lipinski definition) is 0. The third kappa shape index (κ3) is 6.33. The van der Waals surface area contributed by atoms with Gasteiger partial charge in [-0.15, -0.1) is 10.2 Å². The lowest BCUT2D eigenvalue weighted by atomic mass is 10.1. The van der Waals surface area contributed by atoms with Gasteiger partial charge >= 0.3 is 0 Å². The van der Waals surface area contributed by atoms with Crippen molar-refractivity contribution in [1.82, 2.24) is 15.1 Å². The van der Waals surface area contributed by atoms with E-state index in [0.29, 0.717) is 24.3 Å². The molecule has 0 atom stereocenters. The summed E-state index contributed by atoms with van der Waals surface area (Å²) >= 11 is 4.62. The Kier molecular flexibility index (Phi) is 7.33. The van der Waals surface area contributed by atoms with Gasteiger partial charge in [0.2, 0.25) is 11.8 Å². The maximum atomic E-state index is 12.3. The molecule has 0 radical (unpaired) electrons. The van der Waals surface area contributed by atoms with E-state index in [4.69, 9.17) is 9.15 Å². The number of hydrogen-bond acceptors (Lipinski definition) is 6. The van der Waals surface area contributed by atoms with Gasteiger partial charge in [-0.3, -0.25) is 4.79 Å². The molecule has 0 bridgehead atoms. The number of thioether (sulfide) groups is 1. The predicted octanol–water partition coefficient (Wildman–Crippen LogP) is 4.75. The van der Waals surface area contributed by atoms with Gasteiger partial charge in [0.05, 0.1) is 12.3 Å². The highest BCUT2D eigenvalue weighted by Gasteiger charge is 2.14. The molecule has 0 saturated heterocycles. The predicted molar refractivity (Wildman–Crippen MR) is 117 cm³/mol.